The van der Waals surface area contributed by atoms with Gasteiger partial charge in [-0.05, 0) is 24.1 Å². The summed E-state index contributed by atoms with van der Waals surface area (Å²) in [7, 11) is 0. The van der Waals surface area contributed by atoms with Gasteiger partial charge in [-0.15, -0.1) is 0 Å². The van der Waals surface area contributed by atoms with E-state index in [1.54, 1.807) is 10.7 Å². The minimum absolute atomic E-state index is 0.160. The van der Waals surface area contributed by atoms with Crippen molar-refractivity contribution in [2.75, 3.05) is 0 Å². The first kappa shape index (κ1) is 13.2. The summed E-state index contributed by atoms with van der Waals surface area (Å²) < 4.78 is 28.5. The molecule has 0 aliphatic carbocycles. The number of benzene rings is 1. The second kappa shape index (κ2) is 4.94. The van der Waals surface area contributed by atoms with Gasteiger partial charge < -0.3 is 0 Å². The second-order valence-corrected chi connectivity index (χ2v) is 6.11. The molecule has 0 radical (unpaired) electrons. The lowest BCUT2D eigenvalue weighted by Gasteiger charge is -1.99. The Hall–Kier alpha value is -1.82. The molecule has 0 amide bonds. The topological polar surface area (TPSA) is 30.2 Å². The number of hydrogen-bond donors (Lipinski definition) is 0. The fourth-order valence-electron chi connectivity index (χ4n) is 2.00. The Labute approximate surface area is 118 Å². The molecular weight excluding hydrogens is 280 g/mol. The van der Waals surface area contributed by atoms with E-state index < -0.39 is 11.6 Å². The van der Waals surface area contributed by atoms with Crippen molar-refractivity contribution in [3.05, 3.63) is 41.0 Å². The molecule has 20 heavy (non-hydrogen) atoms. The van der Waals surface area contributed by atoms with Gasteiger partial charge in [-0.1, -0.05) is 25.2 Å². The third-order valence-corrected chi connectivity index (χ3v) is 3.82. The quantitative estimate of drug-likeness (QED) is 0.732. The minimum Gasteiger partial charge on any atom is -0.217 e. The van der Waals surface area contributed by atoms with E-state index >= 15 is 0 Å². The van der Waals surface area contributed by atoms with Gasteiger partial charge in [-0.3, -0.25) is 0 Å². The summed E-state index contributed by atoms with van der Waals surface area (Å²) >= 11 is 1.48. The molecule has 1 aromatic carbocycles. The van der Waals surface area contributed by atoms with Gasteiger partial charge in [-0.2, -0.15) is 5.10 Å². The molecule has 3 aromatic rings. The van der Waals surface area contributed by atoms with E-state index in [4.69, 9.17) is 0 Å². The molecule has 0 atom stereocenters. The van der Waals surface area contributed by atoms with Crippen LogP contribution in [0.25, 0.3) is 16.2 Å². The molecule has 0 spiro atoms. The van der Waals surface area contributed by atoms with Crippen LogP contribution in [0.1, 0.15) is 18.9 Å². The monoisotopic (exact) mass is 293 g/mol. The highest BCUT2D eigenvalue weighted by Crippen LogP contribution is 2.26. The maximum Gasteiger partial charge on any atom is 0.212 e. The van der Waals surface area contributed by atoms with E-state index in [0.29, 0.717) is 16.6 Å². The molecule has 2 heterocycles. The van der Waals surface area contributed by atoms with Gasteiger partial charge in [0.1, 0.15) is 16.6 Å². The van der Waals surface area contributed by atoms with E-state index in [9.17, 15) is 8.78 Å². The average molecular weight is 293 g/mol. The van der Waals surface area contributed by atoms with Gasteiger partial charge in [0.15, 0.2) is 0 Å². The van der Waals surface area contributed by atoms with Crippen LogP contribution in [0.15, 0.2) is 24.4 Å². The Morgan fingerprint density at radius 2 is 2.10 bits per heavy atom. The molecule has 0 N–H and O–H groups in total. The molecule has 104 valence electrons. The van der Waals surface area contributed by atoms with E-state index in [0.717, 1.165) is 29.6 Å². The van der Waals surface area contributed by atoms with Crippen LogP contribution in [0, 0.1) is 17.6 Å². The molecule has 3 nitrogen and oxygen atoms in total. The fourth-order valence-corrected chi connectivity index (χ4v) is 3.08. The zero-order valence-corrected chi connectivity index (χ0v) is 11.9. The zero-order chi connectivity index (χ0) is 14.3. The van der Waals surface area contributed by atoms with Crippen LogP contribution >= 0.6 is 11.3 Å². The summed E-state index contributed by atoms with van der Waals surface area (Å²) in [6.45, 7) is 4.25. The lowest BCUT2D eigenvalue weighted by atomic mass is 10.1. The molecule has 0 bridgehead atoms. The molecule has 0 saturated carbocycles. The van der Waals surface area contributed by atoms with Crippen LogP contribution in [-0.4, -0.2) is 14.6 Å². The van der Waals surface area contributed by atoms with E-state index in [-0.39, 0.29) is 5.56 Å². The molecule has 3 rings (SSSR count). The third kappa shape index (κ3) is 2.43. The summed E-state index contributed by atoms with van der Waals surface area (Å²) in [5, 5.41) is 5.40. The van der Waals surface area contributed by atoms with E-state index in [1.165, 1.54) is 11.3 Å². The Kier molecular flexibility index (Phi) is 3.25. The van der Waals surface area contributed by atoms with Crippen molar-refractivity contribution in [1.29, 1.82) is 0 Å². The SMILES string of the molecule is CC(C)Cc1nn2cc(-c3cc(F)ccc3F)nc2s1. The van der Waals surface area contributed by atoms with Crippen LogP contribution in [0.3, 0.4) is 0 Å². The van der Waals surface area contributed by atoms with Crippen molar-refractivity contribution in [3.63, 3.8) is 0 Å². The number of imidazole rings is 1. The Balaban J connectivity index is 2.01. The summed E-state index contributed by atoms with van der Waals surface area (Å²) in [4.78, 5) is 5.02. The summed E-state index contributed by atoms with van der Waals surface area (Å²) in [5.74, 6) is -0.447. The first-order chi connectivity index (χ1) is 9.52. The Morgan fingerprint density at radius 1 is 1.30 bits per heavy atom. The third-order valence-electron chi connectivity index (χ3n) is 2.87. The van der Waals surface area contributed by atoms with Gasteiger partial charge in [0.25, 0.3) is 0 Å². The molecule has 0 fully saturated rings. The number of nitrogens with zero attached hydrogens (tertiary/aromatic N) is 3. The summed E-state index contributed by atoms with van der Waals surface area (Å²) in [6, 6.07) is 3.35. The van der Waals surface area contributed by atoms with Crippen molar-refractivity contribution in [2.45, 2.75) is 20.3 Å². The lowest BCUT2D eigenvalue weighted by Crippen LogP contribution is -1.94. The minimum atomic E-state index is -0.487. The number of fused-ring (bicyclic) bond motifs is 1. The fraction of sp³-hybridized carbons (Fsp3) is 0.286. The lowest BCUT2D eigenvalue weighted by molar-refractivity contribution is 0.602. The highest BCUT2D eigenvalue weighted by atomic mass is 32.1. The maximum absolute atomic E-state index is 13.7. The van der Waals surface area contributed by atoms with Crippen LogP contribution < -0.4 is 0 Å². The van der Waals surface area contributed by atoms with Gasteiger partial charge in [0.2, 0.25) is 4.96 Å². The highest BCUT2D eigenvalue weighted by Gasteiger charge is 2.14. The molecule has 0 aliphatic heterocycles. The van der Waals surface area contributed by atoms with E-state index in [2.05, 4.69) is 23.9 Å². The zero-order valence-electron chi connectivity index (χ0n) is 11.1. The number of aromatic nitrogens is 3. The van der Waals surface area contributed by atoms with Gasteiger partial charge in [-0.25, -0.2) is 18.3 Å². The van der Waals surface area contributed by atoms with E-state index in [1.807, 2.05) is 0 Å². The predicted octanol–water partition coefficient (Wildman–Crippen LogP) is 3.93. The van der Waals surface area contributed by atoms with Gasteiger partial charge >= 0.3 is 0 Å². The summed E-state index contributed by atoms with van der Waals surface area (Å²) in [5.41, 5.74) is 0.560. The second-order valence-electron chi connectivity index (χ2n) is 5.07. The molecular formula is C14H13F2N3S. The molecule has 0 saturated heterocycles. The highest BCUT2D eigenvalue weighted by molar-refractivity contribution is 7.16. The number of halogens is 2. The van der Waals surface area contributed by atoms with Crippen molar-refractivity contribution in [1.82, 2.24) is 14.6 Å². The maximum atomic E-state index is 13.7. The molecule has 2 aromatic heterocycles. The first-order valence-electron chi connectivity index (χ1n) is 6.33. The molecule has 0 unspecified atom stereocenters. The molecule has 6 heteroatoms. The van der Waals surface area contributed by atoms with Crippen molar-refractivity contribution in [3.8, 4) is 11.3 Å². The van der Waals surface area contributed by atoms with Crippen molar-refractivity contribution < 1.29 is 8.78 Å². The first-order valence-corrected chi connectivity index (χ1v) is 7.15. The molecule has 0 aliphatic rings. The number of rotatable bonds is 3. The average Bonchev–Trinajstić information content (AvgIpc) is 2.89. The normalized spacial score (nSPS) is 11.7. The van der Waals surface area contributed by atoms with Crippen molar-refractivity contribution >= 4 is 16.3 Å². The van der Waals surface area contributed by atoms with Crippen molar-refractivity contribution in [2.24, 2.45) is 5.92 Å². The Bertz CT molecular complexity index is 729. The van der Waals surface area contributed by atoms with Crippen LogP contribution in [0.4, 0.5) is 8.78 Å². The smallest absolute Gasteiger partial charge is 0.212 e. The van der Waals surface area contributed by atoms with Gasteiger partial charge in [0, 0.05) is 12.0 Å². The van der Waals surface area contributed by atoms with Gasteiger partial charge in [0.05, 0.1) is 11.9 Å². The summed E-state index contributed by atoms with van der Waals surface area (Å²) in [6.07, 6.45) is 2.52. The van der Waals surface area contributed by atoms with Crippen LogP contribution in [0.2, 0.25) is 0 Å². The Morgan fingerprint density at radius 3 is 2.80 bits per heavy atom. The predicted molar refractivity (Wildman–Crippen MR) is 74.8 cm³/mol. The van der Waals surface area contributed by atoms with Crippen LogP contribution in [0.5, 0.6) is 0 Å². The largest absolute Gasteiger partial charge is 0.217 e. The van der Waals surface area contributed by atoms with Crippen LogP contribution in [-0.2, 0) is 6.42 Å². The standard InChI is InChI=1S/C14H13F2N3S/c1-8(2)5-13-18-19-7-12(17-14(19)20-13)10-6-9(15)3-4-11(10)16/h3-4,6-8H,5H2,1-2H3. The number of hydrogen-bond acceptors (Lipinski definition) is 3.